The van der Waals surface area contributed by atoms with Crippen LogP contribution in [0.2, 0.25) is 0 Å². The summed E-state index contributed by atoms with van der Waals surface area (Å²) in [5.41, 5.74) is 6.41. The van der Waals surface area contributed by atoms with Gasteiger partial charge in [0.2, 0.25) is 6.79 Å². The fourth-order valence-corrected chi connectivity index (χ4v) is 4.50. The molecule has 3 aromatic carbocycles. The van der Waals surface area contributed by atoms with Crippen molar-refractivity contribution in [2.45, 2.75) is 6.54 Å². The lowest BCUT2D eigenvalue weighted by molar-refractivity contribution is 0.0955. The Morgan fingerprint density at radius 1 is 0.971 bits per heavy atom. The molecule has 0 bridgehead atoms. The highest BCUT2D eigenvalue weighted by atomic mass is 79.9. The number of para-hydroxylation sites is 1. The highest BCUT2D eigenvalue weighted by Crippen LogP contribution is 2.36. The van der Waals surface area contributed by atoms with E-state index in [-0.39, 0.29) is 12.7 Å². The van der Waals surface area contributed by atoms with Crippen molar-refractivity contribution in [3.05, 3.63) is 87.9 Å². The Balaban J connectivity index is 1.12. The van der Waals surface area contributed by atoms with Crippen LogP contribution >= 0.6 is 15.9 Å². The molecule has 2 aliphatic rings. The lowest BCUT2D eigenvalue weighted by Gasteiger charge is -2.36. The minimum atomic E-state index is -0.254. The Labute approximate surface area is 207 Å². The Morgan fingerprint density at radius 2 is 1.68 bits per heavy atom. The van der Waals surface area contributed by atoms with Gasteiger partial charge in [0, 0.05) is 54.0 Å². The van der Waals surface area contributed by atoms with Crippen LogP contribution in [-0.2, 0) is 6.54 Å². The molecule has 0 aliphatic carbocycles. The number of hydrogen-bond donors (Lipinski definition) is 1. The molecule has 0 saturated carbocycles. The number of nitrogens with one attached hydrogen (secondary N) is 1. The Bertz CT molecular complexity index is 1180. The quantitative estimate of drug-likeness (QED) is 0.388. The summed E-state index contributed by atoms with van der Waals surface area (Å²) in [6.07, 6.45) is 1.58. The highest BCUT2D eigenvalue weighted by molar-refractivity contribution is 9.10. The predicted octanol–water partition coefficient (Wildman–Crippen LogP) is 4.26. The fraction of sp³-hybridized carbons (Fsp3) is 0.231. The van der Waals surface area contributed by atoms with Gasteiger partial charge in [-0.1, -0.05) is 30.3 Å². The van der Waals surface area contributed by atoms with E-state index in [0.717, 1.165) is 42.8 Å². The summed E-state index contributed by atoms with van der Waals surface area (Å²) < 4.78 is 11.5. The van der Waals surface area contributed by atoms with E-state index in [1.165, 1.54) is 11.3 Å². The molecular weight excluding hydrogens is 496 g/mol. The minimum Gasteiger partial charge on any atom is -0.454 e. The van der Waals surface area contributed by atoms with E-state index in [1.807, 2.05) is 36.4 Å². The predicted molar refractivity (Wildman–Crippen MR) is 136 cm³/mol. The van der Waals surface area contributed by atoms with Crippen LogP contribution in [0.5, 0.6) is 11.5 Å². The van der Waals surface area contributed by atoms with Gasteiger partial charge in [0.15, 0.2) is 11.5 Å². The second kappa shape index (κ2) is 10.3. The van der Waals surface area contributed by atoms with Gasteiger partial charge in [0.1, 0.15) is 0 Å². The van der Waals surface area contributed by atoms with Gasteiger partial charge in [-0.15, -0.1) is 0 Å². The van der Waals surface area contributed by atoms with Crippen molar-refractivity contribution in [3.8, 4) is 11.5 Å². The maximum Gasteiger partial charge on any atom is 0.271 e. The van der Waals surface area contributed by atoms with Crippen LogP contribution in [0.1, 0.15) is 21.5 Å². The van der Waals surface area contributed by atoms with Crippen molar-refractivity contribution in [1.82, 2.24) is 10.3 Å². The zero-order valence-electron chi connectivity index (χ0n) is 18.6. The summed E-state index contributed by atoms with van der Waals surface area (Å²) in [7, 11) is 0. The summed E-state index contributed by atoms with van der Waals surface area (Å²) in [5.74, 6) is 1.09. The third-order valence-corrected chi connectivity index (χ3v) is 6.66. The summed E-state index contributed by atoms with van der Waals surface area (Å²) in [6, 6.07) is 21.9. The van der Waals surface area contributed by atoms with Gasteiger partial charge < -0.3 is 14.4 Å². The lowest BCUT2D eigenvalue weighted by Crippen LogP contribution is -2.45. The van der Waals surface area contributed by atoms with Gasteiger partial charge in [-0.25, -0.2) is 5.43 Å². The van der Waals surface area contributed by atoms with Crippen LogP contribution in [0.25, 0.3) is 0 Å². The molecule has 174 valence electrons. The summed E-state index contributed by atoms with van der Waals surface area (Å²) >= 11 is 3.48. The molecule has 0 aromatic heterocycles. The van der Waals surface area contributed by atoms with Crippen molar-refractivity contribution in [3.63, 3.8) is 0 Å². The number of benzene rings is 3. The normalized spacial score (nSPS) is 15.6. The van der Waals surface area contributed by atoms with Gasteiger partial charge in [0.25, 0.3) is 5.91 Å². The topological polar surface area (TPSA) is 66.4 Å². The number of ether oxygens (including phenoxy) is 2. The lowest BCUT2D eigenvalue weighted by atomic mass is 10.1. The number of nitrogens with zero attached hydrogens (tertiary/aromatic N) is 3. The first-order valence-electron chi connectivity index (χ1n) is 11.2. The Hall–Kier alpha value is -3.36. The van der Waals surface area contributed by atoms with Crippen molar-refractivity contribution < 1.29 is 14.3 Å². The number of carbonyl (C=O) groups is 1. The maximum absolute atomic E-state index is 12.5. The van der Waals surface area contributed by atoms with E-state index in [4.69, 9.17) is 9.47 Å². The number of anilines is 1. The number of rotatable bonds is 6. The standard InChI is InChI=1S/C26H25BrN4O3/c27-23-15-25-24(33-18-34-25)14-21(23)16-28-29-26(32)20-8-6-19(7-9-20)17-30-10-12-31(13-11-30)22-4-2-1-3-5-22/h1-9,14-16H,10-13,17-18H2,(H,29,32)/b28-16-. The minimum absolute atomic E-state index is 0.207. The average Bonchev–Trinajstić information content (AvgIpc) is 3.32. The molecule has 3 aromatic rings. The van der Waals surface area contributed by atoms with E-state index in [2.05, 4.69) is 66.6 Å². The molecule has 0 atom stereocenters. The van der Waals surface area contributed by atoms with Crippen LogP contribution in [0, 0.1) is 0 Å². The third-order valence-electron chi connectivity index (χ3n) is 5.98. The first kappa shape index (κ1) is 22.4. The second-order valence-corrected chi connectivity index (χ2v) is 9.08. The smallest absolute Gasteiger partial charge is 0.271 e. The SMILES string of the molecule is O=C(N/N=C\c1cc2c(cc1Br)OCO2)c1ccc(CN2CCN(c3ccccc3)CC2)cc1. The summed E-state index contributed by atoms with van der Waals surface area (Å²) in [4.78, 5) is 17.4. The number of piperazine rings is 1. The molecule has 8 heteroatoms. The molecule has 2 aliphatic heterocycles. The van der Waals surface area contributed by atoms with Gasteiger partial charge in [-0.05, 0) is 57.9 Å². The molecule has 0 unspecified atom stereocenters. The molecule has 0 radical (unpaired) electrons. The molecule has 7 nitrogen and oxygen atoms in total. The van der Waals surface area contributed by atoms with Crippen LogP contribution < -0.4 is 19.8 Å². The molecule has 5 rings (SSSR count). The van der Waals surface area contributed by atoms with Crippen LogP contribution in [0.15, 0.2) is 76.3 Å². The molecule has 1 fully saturated rings. The highest BCUT2D eigenvalue weighted by Gasteiger charge is 2.18. The average molecular weight is 521 g/mol. The number of halogens is 1. The van der Waals surface area contributed by atoms with E-state index in [1.54, 1.807) is 6.21 Å². The number of hydrogen-bond acceptors (Lipinski definition) is 6. The zero-order valence-corrected chi connectivity index (χ0v) is 20.2. The molecule has 2 heterocycles. The van der Waals surface area contributed by atoms with E-state index in [9.17, 15) is 4.79 Å². The van der Waals surface area contributed by atoms with Crippen molar-refractivity contribution in [2.24, 2.45) is 5.10 Å². The number of amides is 1. The molecule has 1 saturated heterocycles. The summed E-state index contributed by atoms with van der Waals surface area (Å²) in [5, 5.41) is 4.09. The number of hydrazone groups is 1. The van der Waals surface area contributed by atoms with E-state index < -0.39 is 0 Å². The second-order valence-electron chi connectivity index (χ2n) is 8.22. The molecule has 1 amide bonds. The largest absolute Gasteiger partial charge is 0.454 e. The van der Waals surface area contributed by atoms with Crippen LogP contribution in [0.3, 0.4) is 0 Å². The summed E-state index contributed by atoms with van der Waals surface area (Å²) in [6.45, 7) is 5.15. The molecular formula is C26H25BrN4O3. The first-order chi connectivity index (χ1) is 16.7. The van der Waals surface area contributed by atoms with Gasteiger partial charge in [0.05, 0.1) is 6.21 Å². The number of carbonyl (C=O) groups excluding carboxylic acids is 1. The zero-order chi connectivity index (χ0) is 23.3. The first-order valence-corrected chi connectivity index (χ1v) is 12.0. The number of fused-ring (bicyclic) bond motifs is 1. The molecule has 1 N–H and O–H groups in total. The Morgan fingerprint density at radius 3 is 2.41 bits per heavy atom. The molecule has 34 heavy (non-hydrogen) atoms. The van der Waals surface area contributed by atoms with Gasteiger partial charge in [-0.3, -0.25) is 9.69 Å². The Kier molecular flexibility index (Phi) is 6.78. The van der Waals surface area contributed by atoms with Crippen molar-refractivity contribution in [1.29, 1.82) is 0 Å². The van der Waals surface area contributed by atoms with E-state index >= 15 is 0 Å². The van der Waals surface area contributed by atoms with Crippen LogP contribution in [-0.4, -0.2) is 50.0 Å². The third kappa shape index (κ3) is 5.24. The van der Waals surface area contributed by atoms with Gasteiger partial charge in [-0.2, -0.15) is 5.10 Å². The van der Waals surface area contributed by atoms with E-state index in [0.29, 0.717) is 17.1 Å². The maximum atomic E-state index is 12.5. The van der Waals surface area contributed by atoms with Crippen molar-refractivity contribution >= 4 is 33.7 Å². The monoisotopic (exact) mass is 520 g/mol. The molecule has 0 spiro atoms. The fourth-order valence-electron chi connectivity index (χ4n) is 4.08. The van der Waals surface area contributed by atoms with Gasteiger partial charge >= 0.3 is 0 Å². The van der Waals surface area contributed by atoms with Crippen LogP contribution in [0.4, 0.5) is 5.69 Å². The van der Waals surface area contributed by atoms with Crippen molar-refractivity contribution in [2.75, 3.05) is 37.9 Å².